The predicted molar refractivity (Wildman–Crippen MR) is 149 cm³/mol. The summed E-state index contributed by atoms with van der Waals surface area (Å²) < 4.78 is 12.7. The van der Waals surface area contributed by atoms with Crippen LogP contribution in [0.15, 0.2) is 53.3 Å². The summed E-state index contributed by atoms with van der Waals surface area (Å²) in [5.41, 5.74) is 1.47. The lowest BCUT2D eigenvalue weighted by Crippen LogP contribution is -2.46. The maximum Gasteiger partial charge on any atom is 0.307 e. The lowest BCUT2D eigenvalue weighted by molar-refractivity contribution is -0.147. The minimum atomic E-state index is -0.312. The van der Waals surface area contributed by atoms with Crippen LogP contribution in [0.3, 0.4) is 0 Å². The number of carbonyl (C=O) groups excluding carboxylic acids is 1. The van der Waals surface area contributed by atoms with Crippen LogP contribution in [0, 0.1) is 0 Å². The number of fused-ring (bicyclic) bond motifs is 1. The van der Waals surface area contributed by atoms with E-state index in [1.807, 2.05) is 43.3 Å². The number of anilines is 1. The monoisotopic (exact) mass is 545 g/mol. The summed E-state index contributed by atoms with van der Waals surface area (Å²) in [6, 6.07) is 14.7. The number of piperazine rings is 1. The predicted octanol–water partition coefficient (Wildman–Crippen LogP) is 5.59. The van der Waals surface area contributed by atoms with E-state index in [0.717, 1.165) is 56.6 Å². The van der Waals surface area contributed by atoms with Gasteiger partial charge in [0.05, 0.1) is 27.9 Å². The van der Waals surface area contributed by atoms with Crippen LogP contribution in [-0.4, -0.2) is 54.8 Å². The lowest BCUT2D eigenvalue weighted by atomic mass is 10.2. The molecule has 0 saturated carbocycles. The van der Waals surface area contributed by atoms with Gasteiger partial charge >= 0.3 is 5.97 Å². The Hall–Kier alpha value is -2.74. The van der Waals surface area contributed by atoms with E-state index in [2.05, 4.69) is 9.80 Å². The molecule has 3 aromatic rings. The number of nitrogens with zero attached hydrogens (tertiary/aromatic N) is 3. The molecular formula is C28H33Cl2N3O4. The third-order valence-corrected chi connectivity index (χ3v) is 7.36. The van der Waals surface area contributed by atoms with Crippen molar-refractivity contribution >= 4 is 45.8 Å². The zero-order chi connectivity index (χ0) is 26.2. The summed E-state index contributed by atoms with van der Waals surface area (Å²) in [6.45, 7) is 7.21. The van der Waals surface area contributed by atoms with Crippen LogP contribution in [0.2, 0.25) is 10.0 Å². The Labute approximate surface area is 227 Å². The fraction of sp³-hybridized carbons (Fsp3) is 0.429. The molecule has 0 aliphatic carbocycles. The average molecular weight is 546 g/mol. The third kappa shape index (κ3) is 7.18. The van der Waals surface area contributed by atoms with E-state index < -0.39 is 0 Å². The molecule has 4 rings (SSSR count). The van der Waals surface area contributed by atoms with Crippen molar-refractivity contribution in [2.75, 3.05) is 44.2 Å². The number of aromatic nitrogens is 1. The summed E-state index contributed by atoms with van der Waals surface area (Å²) in [6.07, 6.45) is 2.99. The van der Waals surface area contributed by atoms with Gasteiger partial charge in [0.1, 0.15) is 5.75 Å². The number of rotatable bonds is 11. The minimum Gasteiger partial charge on any atom is -0.494 e. The SMILES string of the molecule is CCCC(=O)OCn1c(=O)ccc2ccc(OCCCCN3CCN(c4cccc(Cl)c4Cl)CC3)cc21. The number of hydrogen-bond donors (Lipinski definition) is 0. The first-order chi connectivity index (χ1) is 18.0. The lowest BCUT2D eigenvalue weighted by Gasteiger charge is -2.36. The highest BCUT2D eigenvalue weighted by Crippen LogP contribution is 2.32. The van der Waals surface area contributed by atoms with Crippen LogP contribution in [0.4, 0.5) is 5.69 Å². The molecular weight excluding hydrogens is 513 g/mol. The van der Waals surface area contributed by atoms with Gasteiger partial charge in [0, 0.05) is 44.7 Å². The molecule has 0 atom stereocenters. The first-order valence-corrected chi connectivity index (χ1v) is 13.5. The molecule has 0 spiro atoms. The van der Waals surface area contributed by atoms with E-state index in [1.165, 1.54) is 10.6 Å². The van der Waals surface area contributed by atoms with E-state index in [-0.39, 0.29) is 18.3 Å². The van der Waals surface area contributed by atoms with Crippen molar-refractivity contribution in [3.05, 3.63) is 68.9 Å². The van der Waals surface area contributed by atoms with E-state index >= 15 is 0 Å². The summed E-state index contributed by atoms with van der Waals surface area (Å²) >= 11 is 12.6. The molecule has 1 aromatic heterocycles. The number of esters is 1. The van der Waals surface area contributed by atoms with Crippen molar-refractivity contribution in [3.8, 4) is 5.75 Å². The second kappa shape index (κ2) is 13.2. The highest BCUT2D eigenvalue weighted by atomic mass is 35.5. The Morgan fingerprint density at radius 1 is 1.00 bits per heavy atom. The quantitative estimate of drug-likeness (QED) is 0.231. The van der Waals surface area contributed by atoms with Crippen molar-refractivity contribution in [2.24, 2.45) is 0 Å². The molecule has 0 bridgehead atoms. The third-order valence-electron chi connectivity index (χ3n) is 6.55. The molecule has 198 valence electrons. The Morgan fingerprint density at radius 3 is 2.57 bits per heavy atom. The number of unbranched alkanes of at least 4 members (excludes halogenated alkanes) is 1. The number of benzene rings is 2. The number of halogens is 2. The Balaban J connectivity index is 1.23. The maximum atomic E-state index is 12.4. The van der Waals surface area contributed by atoms with Crippen LogP contribution in [0.25, 0.3) is 10.9 Å². The molecule has 0 amide bonds. The molecule has 9 heteroatoms. The maximum absolute atomic E-state index is 12.4. The van der Waals surface area contributed by atoms with Gasteiger partial charge in [-0.1, -0.05) is 36.2 Å². The van der Waals surface area contributed by atoms with Crippen molar-refractivity contribution in [2.45, 2.75) is 39.3 Å². The zero-order valence-electron chi connectivity index (χ0n) is 21.1. The van der Waals surface area contributed by atoms with Gasteiger partial charge in [-0.05, 0) is 61.5 Å². The van der Waals surface area contributed by atoms with Crippen molar-refractivity contribution in [3.63, 3.8) is 0 Å². The summed E-state index contributed by atoms with van der Waals surface area (Å²) in [7, 11) is 0. The van der Waals surface area contributed by atoms with Gasteiger partial charge in [0.2, 0.25) is 0 Å². The highest BCUT2D eigenvalue weighted by molar-refractivity contribution is 6.43. The first kappa shape index (κ1) is 27.3. The molecule has 0 radical (unpaired) electrons. The van der Waals surface area contributed by atoms with Gasteiger partial charge in [-0.2, -0.15) is 0 Å². The van der Waals surface area contributed by atoms with E-state index in [4.69, 9.17) is 32.7 Å². The van der Waals surface area contributed by atoms with Crippen molar-refractivity contribution < 1.29 is 14.3 Å². The Kier molecular flexibility index (Phi) is 9.72. The molecule has 2 heterocycles. The number of ether oxygens (including phenoxy) is 2. The topological polar surface area (TPSA) is 64.0 Å². The largest absolute Gasteiger partial charge is 0.494 e. The standard InChI is InChI=1S/C28H33Cl2N3O4/c1-2-6-27(35)37-20-33-25-19-22(11-9-21(25)10-12-26(33)34)36-18-4-3-13-31-14-16-32(17-15-31)24-8-5-7-23(29)28(24)30/h5,7-12,19H,2-4,6,13-18,20H2,1H3. The van der Waals surface area contributed by atoms with Gasteiger partial charge in [-0.25, -0.2) is 0 Å². The Bertz CT molecular complexity index is 1270. The highest BCUT2D eigenvalue weighted by Gasteiger charge is 2.19. The van der Waals surface area contributed by atoms with Crippen LogP contribution < -0.4 is 15.2 Å². The fourth-order valence-electron chi connectivity index (χ4n) is 4.48. The molecule has 0 N–H and O–H groups in total. The summed E-state index contributed by atoms with van der Waals surface area (Å²) in [5.74, 6) is 0.382. The molecule has 1 saturated heterocycles. The molecule has 0 unspecified atom stereocenters. The minimum absolute atomic E-state index is 0.102. The summed E-state index contributed by atoms with van der Waals surface area (Å²) in [4.78, 5) is 28.9. The van der Waals surface area contributed by atoms with Crippen LogP contribution >= 0.6 is 23.2 Å². The van der Waals surface area contributed by atoms with Gasteiger partial charge in [0.15, 0.2) is 6.73 Å². The van der Waals surface area contributed by atoms with Crippen molar-refractivity contribution in [1.29, 1.82) is 0 Å². The van der Waals surface area contributed by atoms with Gasteiger partial charge in [-0.15, -0.1) is 0 Å². The van der Waals surface area contributed by atoms with Gasteiger partial charge in [0.25, 0.3) is 5.56 Å². The number of hydrogen-bond acceptors (Lipinski definition) is 6. The molecule has 37 heavy (non-hydrogen) atoms. The van der Waals surface area contributed by atoms with Crippen LogP contribution in [0.5, 0.6) is 5.75 Å². The van der Waals surface area contributed by atoms with E-state index in [1.54, 1.807) is 6.07 Å². The fourth-order valence-corrected chi connectivity index (χ4v) is 4.90. The van der Waals surface area contributed by atoms with E-state index in [0.29, 0.717) is 40.8 Å². The molecule has 7 nitrogen and oxygen atoms in total. The molecule has 1 aliphatic rings. The number of carbonyl (C=O) groups is 1. The van der Waals surface area contributed by atoms with Crippen LogP contribution in [-0.2, 0) is 16.3 Å². The van der Waals surface area contributed by atoms with Crippen molar-refractivity contribution in [1.82, 2.24) is 9.47 Å². The normalized spacial score (nSPS) is 14.2. The number of pyridine rings is 1. The van der Waals surface area contributed by atoms with E-state index in [9.17, 15) is 9.59 Å². The smallest absolute Gasteiger partial charge is 0.307 e. The van der Waals surface area contributed by atoms with Gasteiger partial charge < -0.3 is 14.4 Å². The van der Waals surface area contributed by atoms with Crippen LogP contribution in [0.1, 0.15) is 32.6 Å². The molecule has 1 aliphatic heterocycles. The molecule has 2 aromatic carbocycles. The average Bonchev–Trinajstić information content (AvgIpc) is 2.90. The Morgan fingerprint density at radius 2 is 1.78 bits per heavy atom. The molecule has 1 fully saturated rings. The zero-order valence-corrected chi connectivity index (χ0v) is 22.6. The first-order valence-electron chi connectivity index (χ1n) is 12.8. The second-order valence-electron chi connectivity index (χ2n) is 9.17. The second-order valence-corrected chi connectivity index (χ2v) is 9.96. The summed E-state index contributed by atoms with van der Waals surface area (Å²) in [5, 5.41) is 2.10. The van der Waals surface area contributed by atoms with Gasteiger partial charge in [-0.3, -0.25) is 19.1 Å².